The molecular weight excluding hydrogens is 433 g/mol. The van der Waals surface area contributed by atoms with Crippen molar-refractivity contribution in [3.8, 4) is 11.3 Å². The molecule has 0 bridgehead atoms. The molecule has 0 amide bonds. The molecule has 3 nitrogen and oxygen atoms in total. The van der Waals surface area contributed by atoms with Crippen molar-refractivity contribution in [3.05, 3.63) is 98.0 Å². The summed E-state index contributed by atoms with van der Waals surface area (Å²) in [6.07, 6.45) is 0.785. The minimum Gasteiger partial charge on any atom is -0.545 e. The van der Waals surface area contributed by atoms with E-state index in [0.717, 1.165) is 28.2 Å². The van der Waals surface area contributed by atoms with Crippen molar-refractivity contribution >= 4 is 28.6 Å². The van der Waals surface area contributed by atoms with Crippen molar-refractivity contribution < 1.29 is 39.5 Å². The number of carbonyl (C=O) groups excluding carboxylic acids is 1. The van der Waals surface area contributed by atoms with Crippen molar-refractivity contribution in [1.29, 1.82) is 0 Å². The molecule has 0 radical (unpaired) electrons. The quantitative estimate of drug-likeness (QED) is 0.403. The average Bonchev–Trinajstić information content (AvgIpc) is 3.44. The molecule has 0 saturated carbocycles. The maximum atomic E-state index is 11.4. The topological polar surface area (TPSA) is 53.0 Å². The van der Waals surface area contributed by atoms with Gasteiger partial charge in [-0.25, -0.2) is 4.98 Å². The number of benzene rings is 2. The van der Waals surface area contributed by atoms with Crippen LogP contribution in [0.1, 0.15) is 57.1 Å². The number of nitrogens with zero attached hydrogens (tertiary/aromatic N) is 1. The Bertz CT molecular complexity index is 1130. The molecule has 2 aromatic carbocycles. The van der Waals surface area contributed by atoms with Gasteiger partial charge in [-0.05, 0) is 46.5 Å². The van der Waals surface area contributed by atoms with Gasteiger partial charge >= 0.3 is 29.6 Å². The third-order valence-electron chi connectivity index (χ3n) is 5.20. The summed E-state index contributed by atoms with van der Waals surface area (Å²) in [5.74, 6) is -0.662. The van der Waals surface area contributed by atoms with Crippen LogP contribution >= 0.6 is 22.7 Å². The molecule has 1 unspecified atom stereocenters. The normalized spacial score (nSPS) is 11.8. The summed E-state index contributed by atoms with van der Waals surface area (Å²) in [6.45, 7) is 4.37. The number of carboxylic acids is 1. The first-order chi connectivity index (χ1) is 14.5. The van der Waals surface area contributed by atoms with E-state index in [2.05, 4.69) is 54.9 Å². The van der Waals surface area contributed by atoms with Crippen LogP contribution < -0.4 is 34.7 Å². The van der Waals surface area contributed by atoms with E-state index >= 15 is 0 Å². The van der Waals surface area contributed by atoms with E-state index in [1.54, 1.807) is 40.9 Å². The van der Waals surface area contributed by atoms with Crippen LogP contribution in [0.2, 0.25) is 0 Å². The van der Waals surface area contributed by atoms with Gasteiger partial charge in [0.1, 0.15) is 5.01 Å². The standard InChI is InChI=1S/C25H23NO2S2.Na/c1-16(2)17-8-10-18(11-9-17)23-15-30-24(26-23)22(14-21-7-4-12-29-21)19-5-3-6-20(13-19)25(27)28;/h3-13,15-16,22H,14H2,1-2H3,(H,27,28);/q;+1/p-1. The minimum absolute atomic E-state index is 0. The molecule has 0 saturated heterocycles. The maximum absolute atomic E-state index is 11.4. The molecule has 0 N–H and O–H groups in total. The molecule has 1 atom stereocenters. The maximum Gasteiger partial charge on any atom is 1.00 e. The van der Waals surface area contributed by atoms with Gasteiger partial charge < -0.3 is 9.90 Å². The van der Waals surface area contributed by atoms with Gasteiger partial charge in [-0.15, -0.1) is 22.7 Å². The molecule has 6 heteroatoms. The Kier molecular flexibility index (Phi) is 8.25. The van der Waals surface area contributed by atoms with Crippen LogP contribution in [0, 0.1) is 0 Å². The molecule has 0 spiro atoms. The Hall–Kier alpha value is -1.76. The van der Waals surface area contributed by atoms with E-state index in [1.807, 2.05) is 12.1 Å². The van der Waals surface area contributed by atoms with Crippen LogP contribution in [0.25, 0.3) is 11.3 Å². The first-order valence-electron chi connectivity index (χ1n) is 9.90. The molecule has 152 valence electrons. The SMILES string of the molecule is CC(C)c1ccc(-c2csc(C(Cc3cccs3)c3cccc(C(=O)[O-])c3)n2)cc1.[Na+]. The zero-order valence-corrected chi connectivity index (χ0v) is 21.5. The van der Waals surface area contributed by atoms with Gasteiger partial charge in [-0.3, -0.25) is 0 Å². The van der Waals surface area contributed by atoms with Crippen molar-refractivity contribution in [2.24, 2.45) is 0 Å². The number of carboxylic acid groups (broad SMARTS) is 1. The molecule has 2 aromatic heterocycles. The van der Waals surface area contributed by atoms with Crippen molar-refractivity contribution in [2.75, 3.05) is 0 Å². The zero-order valence-electron chi connectivity index (χ0n) is 17.9. The minimum atomic E-state index is -1.16. The fraction of sp³-hybridized carbons (Fsp3) is 0.200. The van der Waals surface area contributed by atoms with Crippen molar-refractivity contribution in [3.63, 3.8) is 0 Å². The molecule has 0 aliphatic carbocycles. The summed E-state index contributed by atoms with van der Waals surface area (Å²) in [6, 6.07) is 19.8. The second kappa shape index (κ2) is 10.7. The van der Waals surface area contributed by atoms with Gasteiger partial charge in [0.2, 0.25) is 0 Å². The van der Waals surface area contributed by atoms with Crippen LogP contribution in [0.5, 0.6) is 0 Å². The summed E-state index contributed by atoms with van der Waals surface area (Å²) in [5, 5.41) is 16.5. The molecular formula is C25H22NNaO2S2. The van der Waals surface area contributed by atoms with Gasteiger partial charge in [0, 0.05) is 21.7 Å². The smallest absolute Gasteiger partial charge is 0.545 e. The van der Waals surface area contributed by atoms with E-state index in [9.17, 15) is 9.90 Å². The molecule has 4 aromatic rings. The molecule has 2 heterocycles. The van der Waals surface area contributed by atoms with Crippen LogP contribution in [-0.2, 0) is 6.42 Å². The van der Waals surface area contributed by atoms with Gasteiger partial charge in [0.15, 0.2) is 0 Å². The number of rotatable bonds is 7. The number of thiazole rings is 1. The Morgan fingerprint density at radius 1 is 1.00 bits per heavy atom. The van der Waals surface area contributed by atoms with Gasteiger partial charge in [-0.1, -0.05) is 62.4 Å². The van der Waals surface area contributed by atoms with Crippen molar-refractivity contribution in [1.82, 2.24) is 4.98 Å². The molecule has 0 aliphatic rings. The van der Waals surface area contributed by atoms with E-state index in [4.69, 9.17) is 4.98 Å². The fourth-order valence-corrected chi connectivity index (χ4v) is 5.19. The molecule has 31 heavy (non-hydrogen) atoms. The third kappa shape index (κ3) is 5.73. The number of thiophene rings is 1. The second-order valence-electron chi connectivity index (χ2n) is 7.60. The van der Waals surface area contributed by atoms with Crippen LogP contribution in [0.3, 0.4) is 0 Å². The predicted molar refractivity (Wildman–Crippen MR) is 122 cm³/mol. The summed E-state index contributed by atoms with van der Waals surface area (Å²) in [7, 11) is 0. The number of hydrogen-bond acceptors (Lipinski definition) is 5. The Labute approximate surface area is 213 Å². The Morgan fingerprint density at radius 2 is 1.77 bits per heavy atom. The Balaban J connectivity index is 0.00000272. The molecule has 4 rings (SSSR count). The first kappa shape index (κ1) is 23.9. The van der Waals surface area contributed by atoms with Crippen LogP contribution in [0.4, 0.5) is 0 Å². The summed E-state index contributed by atoms with van der Waals surface area (Å²) in [5.41, 5.74) is 4.51. The van der Waals surface area contributed by atoms with E-state index in [-0.39, 0.29) is 41.0 Å². The number of aromatic carboxylic acids is 1. The fourth-order valence-electron chi connectivity index (χ4n) is 3.48. The number of carbonyl (C=O) groups is 1. The third-order valence-corrected chi connectivity index (χ3v) is 7.06. The first-order valence-corrected chi connectivity index (χ1v) is 11.7. The van der Waals surface area contributed by atoms with E-state index in [1.165, 1.54) is 10.4 Å². The monoisotopic (exact) mass is 455 g/mol. The van der Waals surface area contributed by atoms with Crippen molar-refractivity contribution in [2.45, 2.75) is 32.1 Å². The largest absolute Gasteiger partial charge is 1.00 e. The van der Waals surface area contributed by atoms with Gasteiger partial charge in [0.25, 0.3) is 0 Å². The van der Waals surface area contributed by atoms with Gasteiger partial charge in [0.05, 0.1) is 11.7 Å². The van der Waals surface area contributed by atoms with Crippen LogP contribution in [0.15, 0.2) is 71.4 Å². The van der Waals surface area contributed by atoms with E-state index in [0.29, 0.717) is 5.92 Å². The summed E-state index contributed by atoms with van der Waals surface area (Å²) >= 11 is 3.33. The number of aromatic nitrogens is 1. The number of hydrogen-bond donors (Lipinski definition) is 0. The second-order valence-corrected chi connectivity index (χ2v) is 9.52. The Morgan fingerprint density at radius 3 is 2.42 bits per heavy atom. The summed E-state index contributed by atoms with van der Waals surface area (Å²) < 4.78 is 0. The predicted octanol–water partition coefficient (Wildman–Crippen LogP) is 2.74. The van der Waals surface area contributed by atoms with Gasteiger partial charge in [-0.2, -0.15) is 0 Å². The molecule has 0 aliphatic heterocycles. The van der Waals surface area contributed by atoms with E-state index < -0.39 is 5.97 Å². The average molecular weight is 456 g/mol. The molecule has 0 fully saturated rings. The van der Waals surface area contributed by atoms with Crippen LogP contribution in [-0.4, -0.2) is 11.0 Å². The zero-order chi connectivity index (χ0) is 21.1. The summed E-state index contributed by atoms with van der Waals surface area (Å²) in [4.78, 5) is 17.6.